The molecule has 0 N–H and O–H groups in total. The number of hydrogen-bond donors (Lipinski definition) is 0. The number of hydrogen-bond acceptors (Lipinski definition) is 6. The van der Waals surface area contributed by atoms with Gasteiger partial charge in [-0.2, -0.15) is 5.26 Å². The third-order valence-electron chi connectivity index (χ3n) is 3.20. The van der Waals surface area contributed by atoms with Crippen LogP contribution in [-0.4, -0.2) is 26.0 Å². The van der Waals surface area contributed by atoms with Gasteiger partial charge in [-0.25, -0.2) is 4.79 Å². The fraction of sp³-hybridized carbons (Fsp3) is 0.167. The van der Waals surface area contributed by atoms with Gasteiger partial charge in [0.2, 0.25) is 0 Å². The number of esters is 1. The molecule has 0 radical (unpaired) electrons. The Kier molecular flexibility index (Phi) is 5.92. The summed E-state index contributed by atoms with van der Waals surface area (Å²) in [7, 11) is 1.44. The van der Waals surface area contributed by atoms with E-state index in [4.69, 9.17) is 19.5 Å². The molecule has 2 aromatic carbocycles. The van der Waals surface area contributed by atoms with E-state index < -0.39 is 5.97 Å². The molecule has 0 aliphatic carbocycles. The van der Waals surface area contributed by atoms with Gasteiger partial charge in [0, 0.05) is 11.1 Å². The molecule has 24 heavy (non-hydrogen) atoms. The highest BCUT2D eigenvalue weighted by molar-refractivity contribution is 5.76. The normalized spacial score (nSPS) is 9.67. The average Bonchev–Trinajstić information content (AvgIpc) is 2.64. The van der Waals surface area contributed by atoms with Crippen LogP contribution in [0, 0.1) is 11.3 Å². The van der Waals surface area contributed by atoms with E-state index in [0.29, 0.717) is 34.5 Å². The van der Waals surface area contributed by atoms with E-state index in [-0.39, 0.29) is 13.2 Å². The molecule has 0 fully saturated rings. The maximum atomic E-state index is 11.8. The van der Waals surface area contributed by atoms with Gasteiger partial charge in [0.15, 0.2) is 18.1 Å². The largest absolute Gasteiger partial charge is 0.493 e. The van der Waals surface area contributed by atoms with Gasteiger partial charge in [-0.05, 0) is 24.3 Å². The highest BCUT2D eigenvalue weighted by atomic mass is 16.6. The summed E-state index contributed by atoms with van der Waals surface area (Å²) in [5.41, 5.74) is 1.52. The Labute approximate surface area is 139 Å². The molecule has 0 aliphatic heterocycles. The SMILES string of the molecule is COc1cc(C=O)ccc1OCC(=O)OCc1ccccc1C#N. The van der Waals surface area contributed by atoms with Crippen LogP contribution in [0.4, 0.5) is 0 Å². The summed E-state index contributed by atoms with van der Waals surface area (Å²) < 4.78 is 15.6. The molecule has 0 heterocycles. The second-order valence-corrected chi connectivity index (χ2v) is 4.75. The van der Waals surface area contributed by atoms with Crippen molar-refractivity contribution in [3.05, 3.63) is 59.2 Å². The first-order valence-electron chi connectivity index (χ1n) is 7.07. The van der Waals surface area contributed by atoms with E-state index in [1.165, 1.54) is 13.2 Å². The fourth-order valence-corrected chi connectivity index (χ4v) is 1.97. The second kappa shape index (κ2) is 8.34. The van der Waals surface area contributed by atoms with Crippen LogP contribution in [0.15, 0.2) is 42.5 Å². The number of carbonyl (C=O) groups is 2. The molecule has 0 aliphatic rings. The van der Waals surface area contributed by atoms with Gasteiger partial charge in [-0.1, -0.05) is 18.2 Å². The molecule has 0 saturated heterocycles. The third-order valence-corrected chi connectivity index (χ3v) is 3.20. The van der Waals surface area contributed by atoms with E-state index in [0.717, 1.165) is 0 Å². The van der Waals surface area contributed by atoms with Crippen LogP contribution in [0.1, 0.15) is 21.5 Å². The molecule has 6 nitrogen and oxygen atoms in total. The van der Waals surface area contributed by atoms with Crippen LogP contribution < -0.4 is 9.47 Å². The molecule has 0 unspecified atom stereocenters. The minimum Gasteiger partial charge on any atom is -0.493 e. The first-order chi connectivity index (χ1) is 11.7. The molecular weight excluding hydrogens is 310 g/mol. The van der Waals surface area contributed by atoms with Crippen LogP contribution in [0.5, 0.6) is 11.5 Å². The van der Waals surface area contributed by atoms with Crippen molar-refractivity contribution in [2.45, 2.75) is 6.61 Å². The molecule has 0 amide bonds. The van der Waals surface area contributed by atoms with Crippen molar-refractivity contribution < 1.29 is 23.8 Å². The maximum absolute atomic E-state index is 11.8. The van der Waals surface area contributed by atoms with Crippen molar-refractivity contribution >= 4 is 12.3 Å². The van der Waals surface area contributed by atoms with Crippen LogP contribution in [-0.2, 0) is 16.1 Å². The lowest BCUT2D eigenvalue weighted by molar-refractivity contribution is -0.147. The van der Waals surface area contributed by atoms with E-state index in [1.807, 2.05) is 6.07 Å². The summed E-state index contributed by atoms with van der Waals surface area (Å²) in [6.07, 6.45) is 0.688. The van der Waals surface area contributed by atoms with Crippen LogP contribution >= 0.6 is 0 Å². The Bertz CT molecular complexity index is 779. The van der Waals surface area contributed by atoms with E-state index in [2.05, 4.69) is 0 Å². The zero-order chi connectivity index (χ0) is 17.4. The van der Waals surface area contributed by atoms with E-state index in [1.54, 1.807) is 36.4 Å². The molecular formula is C18H15NO5. The number of nitrogens with zero attached hydrogens (tertiary/aromatic N) is 1. The second-order valence-electron chi connectivity index (χ2n) is 4.75. The first kappa shape index (κ1) is 17.0. The summed E-state index contributed by atoms with van der Waals surface area (Å²) in [5, 5.41) is 8.98. The molecule has 6 heteroatoms. The standard InChI is InChI=1S/C18H15NO5/c1-22-17-8-13(10-20)6-7-16(17)23-12-18(21)24-11-15-5-3-2-4-14(15)9-19/h2-8,10H,11-12H2,1H3. The quantitative estimate of drug-likeness (QED) is 0.574. The zero-order valence-electron chi connectivity index (χ0n) is 13.0. The molecule has 0 atom stereocenters. The first-order valence-corrected chi connectivity index (χ1v) is 7.07. The Hall–Kier alpha value is -3.33. The average molecular weight is 325 g/mol. The minimum atomic E-state index is -0.579. The van der Waals surface area contributed by atoms with Gasteiger partial charge in [0.1, 0.15) is 12.9 Å². The number of nitriles is 1. The Morgan fingerprint density at radius 2 is 2.00 bits per heavy atom. The lowest BCUT2D eigenvalue weighted by atomic mass is 10.1. The number of benzene rings is 2. The van der Waals surface area contributed by atoms with Crippen LogP contribution in [0.25, 0.3) is 0 Å². The van der Waals surface area contributed by atoms with Crippen molar-refractivity contribution in [3.8, 4) is 17.6 Å². The van der Waals surface area contributed by atoms with Crippen LogP contribution in [0.3, 0.4) is 0 Å². The summed E-state index contributed by atoms with van der Waals surface area (Å²) in [6.45, 7) is -0.321. The van der Waals surface area contributed by atoms with Gasteiger partial charge in [-0.15, -0.1) is 0 Å². The smallest absolute Gasteiger partial charge is 0.344 e. The van der Waals surface area contributed by atoms with Crippen molar-refractivity contribution in [1.29, 1.82) is 5.26 Å². The molecule has 0 saturated carbocycles. The van der Waals surface area contributed by atoms with E-state index in [9.17, 15) is 9.59 Å². The molecule has 0 spiro atoms. The lowest BCUT2D eigenvalue weighted by Crippen LogP contribution is -2.15. The fourth-order valence-electron chi connectivity index (χ4n) is 1.97. The molecule has 0 aromatic heterocycles. The van der Waals surface area contributed by atoms with Crippen molar-refractivity contribution in [3.63, 3.8) is 0 Å². The number of methoxy groups -OCH3 is 1. The van der Waals surface area contributed by atoms with Gasteiger partial charge in [0.25, 0.3) is 0 Å². The molecule has 2 rings (SSSR count). The topological polar surface area (TPSA) is 85.6 Å². The monoisotopic (exact) mass is 325 g/mol. The number of rotatable bonds is 7. The molecule has 122 valence electrons. The number of aldehydes is 1. The summed E-state index contributed by atoms with van der Waals surface area (Å²) in [6, 6.07) is 13.5. The van der Waals surface area contributed by atoms with Crippen molar-refractivity contribution in [2.24, 2.45) is 0 Å². The third kappa shape index (κ3) is 4.34. The van der Waals surface area contributed by atoms with Crippen molar-refractivity contribution in [1.82, 2.24) is 0 Å². The maximum Gasteiger partial charge on any atom is 0.344 e. The Balaban J connectivity index is 1.92. The Morgan fingerprint density at radius 1 is 1.21 bits per heavy atom. The highest BCUT2D eigenvalue weighted by Crippen LogP contribution is 2.27. The van der Waals surface area contributed by atoms with Crippen molar-refractivity contribution in [2.75, 3.05) is 13.7 Å². The predicted molar refractivity (Wildman–Crippen MR) is 84.8 cm³/mol. The van der Waals surface area contributed by atoms with Gasteiger partial charge in [-0.3, -0.25) is 4.79 Å². The summed E-state index contributed by atoms with van der Waals surface area (Å²) in [5.74, 6) is 0.101. The molecule has 2 aromatic rings. The highest BCUT2D eigenvalue weighted by Gasteiger charge is 2.10. The van der Waals surface area contributed by atoms with Gasteiger partial charge < -0.3 is 14.2 Å². The van der Waals surface area contributed by atoms with E-state index >= 15 is 0 Å². The Morgan fingerprint density at radius 3 is 2.71 bits per heavy atom. The molecule has 0 bridgehead atoms. The number of carbonyl (C=O) groups excluding carboxylic acids is 2. The minimum absolute atomic E-state index is 0.00680. The van der Waals surface area contributed by atoms with Gasteiger partial charge >= 0.3 is 5.97 Å². The predicted octanol–water partition coefficient (Wildman–Crippen LogP) is 2.50. The zero-order valence-corrected chi connectivity index (χ0v) is 13.0. The lowest BCUT2D eigenvalue weighted by Gasteiger charge is -2.11. The summed E-state index contributed by atoms with van der Waals surface area (Å²) in [4.78, 5) is 22.5. The summed E-state index contributed by atoms with van der Waals surface area (Å²) >= 11 is 0. The number of ether oxygens (including phenoxy) is 3. The van der Waals surface area contributed by atoms with Gasteiger partial charge in [0.05, 0.1) is 18.7 Å². The van der Waals surface area contributed by atoms with Crippen LogP contribution in [0.2, 0.25) is 0 Å².